The molecule has 2 heterocycles. The highest BCUT2D eigenvalue weighted by Crippen LogP contribution is 2.35. The molecule has 0 aliphatic carbocycles. The van der Waals surface area contributed by atoms with Gasteiger partial charge in [-0.25, -0.2) is 14.8 Å². The normalized spacial score (nSPS) is 11.3. The molecule has 0 aromatic carbocycles. The van der Waals surface area contributed by atoms with Gasteiger partial charge in [-0.05, 0) is 18.4 Å². The first kappa shape index (κ1) is 15.5. The van der Waals surface area contributed by atoms with Crippen molar-refractivity contribution in [3.8, 4) is 0 Å². The van der Waals surface area contributed by atoms with E-state index in [0.29, 0.717) is 21.1 Å². The minimum Gasteiger partial charge on any atom is -0.465 e. The molecule has 2 rings (SSSR count). The van der Waals surface area contributed by atoms with E-state index >= 15 is 0 Å². The molecule has 0 N–H and O–H groups in total. The van der Waals surface area contributed by atoms with Gasteiger partial charge >= 0.3 is 5.97 Å². The molecule has 0 spiro atoms. The Morgan fingerprint density at radius 1 is 1.45 bits per heavy atom. The predicted molar refractivity (Wildman–Crippen MR) is 84.1 cm³/mol. The zero-order valence-corrected chi connectivity index (χ0v) is 14.1. The molecule has 2 aromatic heterocycles. The molecule has 0 atom stereocenters. The molecule has 0 unspecified atom stereocenters. The average molecular weight is 331 g/mol. The number of hydrogen-bond donors (Lipinski definition) is 0. The smallest absolute Gasteiger partial charge is 0.348 e. The quantitative estimate of drug-likeness (QED) is 0.364. The van der Waals surface area contributed by atoms with Crippen LogP contribution >= 0.6 is 34.7 Å². The van der Waals surface area contributed by atoms with Crippen molar-refractivity contribution in [2.75, 3.05) is 12.9 Å². The maximum absolute atomic E-state index is 11.7. The number of rotatable bonds is 4. The lowest BCUT2D eigenvalue weighted by Crippen LogP contribution is -1.99. The molecule has 0 saturated heterocycles. The molecule has 0 aliphatic heterocycles. The zero-order chi connectivity index (χ0) is 14.9. The van der Waals surface area contributed by atoms with Crippen LogP contribution in [-0.4, -0.2) is 28.8 Å². The van der Waals surface area contributed by atoms with E-state index in [1.165, 1.54) is 18.4 Å². The fourth-order valence-electron chi connectivity index (χ4n) is 1.66. The van der Waals surface area contributed by atoms with Crippen molar-refractivity contribution in [2.24, 2.45) is 5.92 Å². The van der Waals surface area contributed by atoms with Crippen LogP contribution in [0.5, 0.6) is 0 Å². The van der Waals surface area contributed by atoms with Crippen molar-refractivity contribution < 1.29 is 9.53 Å². The van der Waals surface area contributed by atoms with E-state index in [9.17, 15) is 4.79 Å². The van der Waals surface area contributed by atoms with Gasteiger partial charge < -0.3 is 4.74 Å². The first-order valence-electron chi connectivity index (χ1n) is 6.11. The highest BCUT2D eigenvalue weighted by Gasteiger charge is 2.20. The van der Waals surface area contributed by atoms with Gasteiger partial charge in [0.15, 0.2) is 5.16 Å². The lowest BCUT2D eigenvalue weighted by atomic mass is 10.2. The summed E-state index contributed by atoms with van der Waals surface area (Å²) in [6.45, 7) is 6.11. The van der Waals surface area contributed by atoms with Crippen LogP contribution in [0.25, 0.3) is 10.2 Å². The van der Waals surface area contributed by atoms with Crippen molar-refractivity contribution in [3.63, 3.8) is 0 Å². The second-order valence-corrected chi connectivity index (χ2v) is 7.07. The molecule has 0 fully saturated rings. The zero-order valence-electron chi connectivity index (χ0n) is 11.7. The molecule has 7 heteroatoms. The molecule has 0 saturated carbocycles. The lowest BCUT2D eigenvalue weighted by molar-refractivity contribution is 0.0605. The summed E-state index contributed by atoms with van der Waals surface area (Å²) in [5, 5.41) is 1.78. The number of methoxy groups -OCH3 is 1. The second-order valence-electron chi connectivity index (χ2n) is 4.73. The Morgan fingerprint density at radius 3 is 2.75 bits per heavy atom. The number of aromatic nitrogens is 2. The SMILES string of the molecule is COC(=O)c1sc2nc(SCC(C)C)nc(Cl)c2c1C. The van der Waals surface area contributed by atoms with Crippen LogP contribution in [0, 0.1) is 12.8 Å². The molecule has 2 aromatic rings. The van der Waals surface area contributed by atoms with E-state index in [1.54, 1.807) is 11.8 Å². The van der Waals surface area contributed by atoms with Gasteiger partial charge in [0.05, 0.1) is 12.5 Å². The first-order chi connectivity index (χ1) is 9.43. The van der Waals surface area contributed by atoms with Crippen LogP contribution < -0.4 is 0 Å². The number of thioether (sulfide) groups is 1. The summed E-state index contributed by atoms with van der Waals surface area (Å²) >= 11 is 9.10. The van der Waals surface area contributed by atoms with Gasteiger partial charge in [-0.15, -0.1) is 11.3 Å². The highest BCUT2D eigenvalue weighted by atomic mass is 35.5. The van der Waals surface area contributed by atoms with Crippen molar-refractivity contribution >= 4 is 50.9 Å². The van der Waals surface area contributed by atoms with Crippen LogP contribution in [0.2, 0.25) is 5.15 Å². The Bertz CT molecular complexity index is 655. The fraction of sp³-hybridized carbons (Fsp3) is 0.462. The molecule has 0 amide bonds. The monoisotopic (exact) mass is 330 g/mol. The summed E-state index contributed by atoms with van der Waals surface area (Å²) in [4.78, 5) is 21.8. The van der Waals surface area contributed by atoms with Gasteiger partial charge in [-0.3, -0.25) is 0 Å². The molecular weight excluding hydrogens is 316 g/mol. The number of ether oxygens (including phenoxy) is 1. The van der Waals surface area contributed by atoms with Gasteiger partial charge in [0.1, 0.15) is 14.9 Å². The van der Waals surface area contributed by atoms with E-state index in [2.05, 4.69) is 23.8 Å². The molecule has 4 nitrogen and oxygen atoms in total. The van der Waals surface area contributed by atoms with Crippen LogP contribution in [0.3, 0.4) is 0 Å². The minimum absolute atomic E-state index is 0.363. The van der Waals surface area contributed by atoms with Crippen LogP contribution in [-0.2, 0) is 4.74 Å². The predicted octanol–water partition coefficient (Wildman–Crippen LogP) is 4.19. The third-order valence-electron chi connectivity index (χ3n) is 2.64. The molecule has 0 radical (unpaired) electrons. The standard InChI is InChI=1S/C13H15ClN2O2S2/c1-6(2)5-19-13-15-10(14)8-7(3)9(12(17)18-4)20-11(8)16-13/h6H,5H2,1-4H3. The van der Waals surface area contributed by atoms with Crippen LogP contribution in [0.1, 0.15) is 29.1 Å². The van der Waals surface area contributed by atoms with Gasteiger partial charge in [0.2, 0.25) is 0 Å². The molecule has 0 bridgehead atoms. The number of halogens is 1. The van der Waals surface area contributed by atoms with E-state index in [0.717, 1.165) is 21.5 Å². The van der Waals surface area contributed by atoms with Crippen molar-refractivity contribution in [1.82, 2.24) is 9.97 Å². The van der Waals surface area contributed by atoms with Gasteiger partial charge in [-0.2, -0.15) is 0 Å². The van der Waals surface area contributed by atoms with Crippen LogP contribution in [0.4, 0.5) is 0 Å². The number of esters is 1. The number of nitrogens with zero attached hydrogens (tertiary/aromatic N) is 2. The molecular formula is C13H15ClN2O2S2. The second kappa shape index (κ2) is 6.28. The number of carbonyl (C=O) groups is 1. The summed E-state index contributed by atoms with van der Waals surface area (Å²) in [6, 6.07) is 0. The van der Waals surface area contributed by atoms with E-state index < -0.39 is 0 Å². The lowest BCUT2D eigenvalue weighted by Gasteiger charge is -2.04. The summed E-state index contributed by atoms with van der Waals surface area (Å²) in [7, 11) is 1.36. The molecule has 108 valence electrons. The van der Waals surface area contributed by atoms with Gasteiger partial charge in [-0.1, -0.05) is 37.2 Å². The van der Waals surface area contributed by atoms with E-state index in [4.69, 9.17) is 16.3 Å². The third kappa shape index (κ3) is 3.07. The molecule has 20 heavy (non-hydrogen) atoms. The maximum atomic E-state index is 11.7. The number of carbonyl (C=O) groups excluding carboxylic acids is 1. The summed E-state index contributed by atoms with van der Waals surface area (Å²) in [5.74, 6) is 1.11. The summed E-state index contributed by atoms with van der Waals surface area (Å²) in [5.41, 5.74) is 0.780. The Hall–Kier alpha value is -0.850. The van der Waals surface area contributed by atoms with Crippen molar-refractivity contribution in [1.29, 1.82) is 0 Å². The Labute approximate surface area is 130 Å². The fourth-order valence-corrected chi connectivity index (χ4v) is 4.03. The first-order valence-corrected chi connectivity index (χ1v) is 8.29. The van der Waals surface area contributed by atoms with E-state index in [1.807, 2.05) is 6.92 Å². The third-order valence-corrected chi connectivity index (χ3v) is 5.36. The maximum Gasteiger partial charge on any atom is 0.348 e. The number of hydrogen-bond acceptors (Lipinski definition) is 6. The molecule has 0 aliphatic rings. The van der Waals surface area contributed by atoms with Gasteiger partial charge in [0.25, 0.3) is 0 Å². The average Bonchev–Trinajstić information content (AvgIpc) is 2.73. The summed E-state index contributed by atoms with van der Waals surface area (Å²) in [6.07, 6.45) is 0. The topological polar surface area (TPSA) is 52.1 Å². The summed E-state index contributed by atoms with van der Waals surface area (Å²) < 4.78 is 4.77. The minimum atomic E-state index is -0.363. The number of fused-ring (bicyclic) bond motifs is 1. The highest BCUT2D eigenvalue weighted by molar-refractivity contribution is 7.99. The Kier molecular flexibility index (Phi) is 4.88. The van der Waals surface area contributed by atoms with E-state index in [-0.39, 0.29) is 5.97 Å². The van der Waals surface area contributed by atoms with Crippen molar-refractivity contribution in [2.45, 2.75) is 25.9 Å². The largest absolute Gasteiger partial charge is 0.465 e. The van der Waals surface area contributed by atoms with Gasteiger partial charge in [0, 0.05) is 5.75 Å². The van der Waals surface area contributed by atoms with Crippen molar-refractivity contribution in [3.05, 3.63) is 15.6 Å². The Balaban J connectivity index is 2.47. The van der Waals surface area contributed by atoms with Crippen LogP contribution in [0.15, 0.2) is 5.16 Å². The number of aryl methyl sites for hydroxylation is 1. The Morgan fingerprint density at radius 2 is 2.15 bits per heavy atom. The number of thiophene rings is 1.